The van der Waals surface area contributed by atoms with Crippen molar-refractivity contribution >= 4 is 27.7 Å². The lowest BCUT2D eigenvalue weighted by atomic mass is 10.0. The Morgan fingerprint density at radius 2 is 2.00 bits per heavy atom. The van der Waals surface area contributed by atoms with Crippen molar-refractivity contribution in [1.82, 2.24) is 4.90 Å². The van der Waals surface area contributed by atoms with Crippen molar-refractivity contribution in [1.29, 1.82) is 0 Å². The zero-order valence-electron chi connectivity index (χ0n) is 16.2. The van der Waals surface area contributed by atoms with Gasteiger partial charge in [0, 0.05) is 19.6 Å². The average Bonchev–Trinajstić information content (AvgIpc) is 2.77. The molecule has 0 spiro atoms. The van der Waals surface area contributed by atoms with E-state index in [-0.39, 0.29) is 6.09 Å². The lowest BCUT2D eigenvalue weighted by molar-refractivity contribution is 0.0258. The van der Waals surface area contributed by atoms with Crippen LogP contribution in [0.3, 0.4) is 0 Å². The van der Waals surface area contributed by atoms with Crippen molar-refractivity contribution in [3.8, 4) is 5.75 Å². The van der Waals surface area contributed by atoms with Gasteiger partial charge in [-0.25, -0.2) is 4.79 Å². The van der Waals surface area contributed by atoms with E-state index in [4.69, 9.17) is 9.47 Å². The summed E-state index contributed by atoms with van der Waals surface area (Å²) in [4.78, 5) is 16.7. The Balaban J connectivity index is 1.84. The fraction of sp³-hybridized carbons (Fsp3) is 0.650. The molecule has 144 valence electrons. The topological polar surface area (TPSA) is 42.0 Å². The van der Waals surface area contributed by atoms with E-state index in [1.807, 2.05) is 25.7 Å². The zero-order valence-corrected chi connectivity index (χ0v) is 17.8. The SMILES string of the molecule is CCCN1CCOc2c1cc1c(c2Br)CCN(C(=O)OC(C)(C)C)CC1. The van der Waals surface area contributed by atoms with Crippen LogP contribution in [0.15, 0.2) is 10.5 Å². The molecule has 0 bridgehead atoms. The van der Waals surface area contributed by atoms with Crippen LogP contribution in [0.2, 0.25) is 0 Å². The molecule has 2 heterocycles. The van der Waals surface area contributed by atoms with E-state index in [1.54, 1.807) is 0 Å². The third-order valence-electron chi connectivity index (χ3n) is 4.77. The van der Waals surface area contributed by atoms with E-state index < -0.39 is 5.60 Å². The van der Waals surface area contributed by atoms with Gasteiger partial charge in [-0.1, -0.05) is 6.92 Å². The molecule has 0 radical (unpaired) electrons. The van der Waals surface area contributed by atoms with Crippen LogP contribution >= 0.6 is 15.9 Å². The standard InChI is InChI=1S/C20H29BrN2O3/c1-5-8-22-11-12-25-18-16(22)13-14-6-9-23(10-7-15(14)17(18)21)19(24)26-20(2,3)4/h13H,5-12H2,1-4H3. The first-order valence-corrected chi connectivity index (χ1v) is 10.3. The van der Waals surface area contributed by atoms with Crippen molar-refractivity contribution in [2.45, 2.75) is 52.6 Å². The predicted octanol–water partition coefficient (Wildman–Crippen LogP) is 4.39. The molecule has 26 heavy (non-hydrogen) atoms. The smallest absolute Gasteiger partial charge is 0.410 e. The van der Waals surface area contributed by atoms with Crippen molar-refractivity contribution in [3.05, 3.63) is 21.7 Å². The monoisotopic (exact) mass is 424 g/mol. The first-order chi connectivity index (χ1) is 12.3. The second kappa shape index (κ2) is 7.67. The van der Waals surface area contributed by atoms with E-state index in [2.05, 4.69) is 33.8 Å². The number of halogens is 1. The fourth-order valence-corrected chi connectivity index (χ4v) is 4.35. The second-order valence-electron chi connectivity index (χ2n) is 7.98. The molecular weight excluding hydrogens is 396 g/mol. The molecule has 0 saturated carbocycles. The Morgan fingerprint density at radius 3 is 2.69 bits per heavy atom. The number of anilines is 1. The summed E-state index contributed by atoms with van der Waals surface area (Å²) in [5.41, 5.74) is 3.26. The van der Waals surface area contributed by atoms with Crippen molar-refractivity contribution < 1.29 is 14.3 Å². The minimum Gasteiger partial charge on any atom is -0.488 e. The normalized spacial score (nSPS) is 17.1. The van der Waals surface area contributed by atoms with Crippen LogP contribution < -0.4 is 9.64 Å². The number of carbonyl (C=O) groups is 1. The van der Waals surface area contributed by atoms with Crippen molar-refractivity contribution in [2.75, 3.05) is 37.7 Å². The van der Waals surface area contributed by atoms with Gasteiger partial charge in [0.2, 0.25) is 0 Å². The number of fused-ring (bicyclic) bond motifs is 2. The quantitative estimate of drug-likeness (QED) is 0.705. The number of ether oxygens (including phenoxy) is 2. The Labute approximate surface area is 164 Å². The van der Waals surface area contributed by atoms with Crippen molar-refractivity contribution in [2.24, 2.45) is 0 Å². The van der Waals surface area contributed by atoms with Gasteiger partial charge < -0.3 is 19.3 Å². The maximum atomic E-state index is 12.5. The Kier molecular flexibility index (Phi) is 5.70. The second-order valence-corrected chi connectivity index (χ2v) is 8.77. The molecule has 1 aromatic rings. The number of benzene rings is 1. The van der Waals surface area contributed by atoms with Crippen LogP contribution in [0.1, 0.15) is 45.2 Å². The highest BCUT2D eigenvalue weighted by Crippen LogP contribution is 2.43. The number of amides is 1. The van der Waals surface area contributed by atoms with Crippen LogP contribution in [-0.2, 0) is 17.6 Å². The molecule has 3 rings (SSSR count). The van der Waals surface area contributed by atoms with Gasteiger partial charge in [-0.2, -0.15) is 0 Å². The largest absolute Gasteiger partial charge is 0.488 e. The van der Waals surface area contributed by atoms with Gasteiger partial charge in [0.15, 0.2) is 5.75 Å². The Morgan fingerprint density at radius 1 is 1.27 bits per heavy atom. The minimum atomic E-state index is -0.468. The van der Waals surface area contributed by atoms with E-state index in [1.165, 1.54) is 16.8 Å². The minimum absolute atomic E-state index is 0.227. The lowest BCUT2D eigenvalue weighted by Gasteiger charge is -2.33. The van der Waals surface area contributed by atoms with Gasteiger partial charge in [0.25, 0.3) is 0 Å². The molecule has 1 amide bonds. The molecule has 5 nitrogen and oxygen atoms in total. The first-order valence-electron chi connectivity index (χ1n) is 9.50. The van der Waals surface area contributed by atoms with Crippen LogP contribution in [-0.4, -0.2) is 49.4 Å². The molecule has 0 fully saturated rings. The van der Waals surface area contributed by atoms with Gasteiger partial charge in [-0.15, -0.1) is 0 Å². The highest BCUT2D eigenvalue weighted by molar-refractivity contribution is 9.10. The number of rotatable bonds is 2. The van der Waals surface area contributed by atoms with Gasteiger partial charge in [0.05, 0.1) is 16.7 Å². The summed E-state index contributed by atoms with van der Waals surface area (Å²) < 4.78 is 12.6. The maximum Gasteiger partial charge on any atom is 0.410 e. The lowest BCUT2D eigenvalue weighted by Crippen LogP contribution is -2.38. The van der Waals surface area contributed by atoms with E-state index in [0.717, 1.165) is 42.6 Å². The molecule has 6 heteroatoms. The fourth-order valence-electron chi connectivity index (χ4n) is 3.58. The summed E-state index contributed by atoms with van der Waals surface area (Å²) in [6.45, 7) is 11.9. The Bertz CT molecular complexity index is 685. The van der Waals surface area contributed by atoms with Crippen molar-refractivity contribution in [3.63, 3.8) is 0 Å². The molecule has 0 atom stereocenters. The summed E-state index contributed by atoms with van der Waals surface area (Å²) in [5.74, 6) is 0.953. The summed E-state index contributed by atoms with van der Waals surface area (Å²) in [5, 5.41) is 0. The molecule has 0 unspecified atom stereocenters. The molecule has 0 aromatic heterocycles. The third-order valence-corrected chi connectivity index (χ3v) is 5.61. The van der Waals surface area contributed by atoms with Gasteiger partial charge in [-0.3, -0.25) is 0 Å². The summed E-state index contributed by atoms with van der Waals surface area (Å²) in [6.07, 6.45) is 2.52. The first kappa shape index (κ1) is 19.3. The number of hydrogen-bond acceptors (Lipinski definition) is 4. The molecule has 2 aliphatic heterocycles. The van der Waals surface area contributed by atoms with Crippen LogP contribution in [0.5, 0.6) is 5.75 Å². The maximum absolute atomic E-state index is 12.5. The van der Waals surface area contributed by atoms with Crippen LogP contribution in [0, 0.1) is 0 Å². The number of nitrogens with zero attached hydrogens (tertiary/aromatic N) is 2. The zero-order chi connectivity index (χ0) is 18.9. The summed E-state index contributed by atoms with van der Waals surface area (Å²) in [7, 11) is 0. The van der Waals surface area contributed by atoms with E-state index >= 15 is 0 Å². The highest BCUT2D eigenvalue weighted by Gasteiger charge is 2.28. The predicted molar refractivity (Wildman–Crippen MR) is 107 cm³/mol. The third kappa shape index (κ3) is 4.11. The van der Waals surface area contributed by atoms with Gasteiger partial charge in [-0.05, 0) is 73.2 Å². The Hall–Kier alpha value is -1.43. The van der Waals surface area contributed by atoms with Crippen LogP contribution in [0.4, 0.5) is 10.5 Å². The molecule has 0 N–H and O–H groups in total. The molecular formula is C20H29BrN2O3. The van der Waals surface area contributed by atoms with Gasteiger partial charge in [0.1, 0.15) is 12.2 Å². The van der Waals surface area contributed by atoms with Gasteiger partial charge >= 0.3 is 6.09 Å². The van der Waals surface area contributed by atoms with E-state index in [9.17, 15) is 4.79 Å². The molecule has 2 aliphatic rings. The number of carbonyl (C=O) groups excluding carboxylic acids is 1. The highest BCUT2D eigenvalue weighted by atomic mass is 79.9. The molecule has 0 saturated heterocycles. The molecule has 0 aliphatic carbocycles. The average molecular weight is 425 g/mol. The molecule has 1 aromatic carbocycles. The van der Waals surface area contributed by atoms with Crippen LogP contribution in [0.25, 0.3) is 0 Å². The number of hydrogen-bond donors (Lipinski definition) is 0. The summed E-state index contributed by atoms with van der Waals surface area (Å²) in [6, 6.07) is 2.27. The summed E-state index contributed by atoms with van der Waals surface area (Å²) >= 11 is 3.79. The van der Waals surface area contributed by atoms with E-state index in [0.29, 0.717) is 19.7 Å².